The van der Waals surface area contributed by atoms with Crippen LogP contribution in [0.2, 0.25) is 0 Å². The topological polar surface area (TPSA) is 92.4 Å². The smallest absolute Gasteiger partial charge is 0.372 e. The highest BCUT2D eigenvalue weighted by Gasteiger charge is 2.20. The fourth-order valence-electron chi connectivity index (χ4n) is 1.99. The van der Waals surface area contributed by atoms with Crippen molar-refractivity contribution < 1.29 is 19.1 Å². The van der Waals surface area contributed by atoms with Gasteiger partial charge < -0.3 is 14.8 Å². The maximum absolute atomic E-state index is 12.1. The zero-order chi connectivity index (χ0) is 15.6. The summed E-state index contributed by atoms with van der Waals surface area (Å²) in [6.45, 7) is 5.28. The largest absolute Gasteiger partial charge is 0.475 e. The van der Waals surface area contributed by atoms with Crippen LogP contribution in [0.1, 0.15) is 50.9 Å². The first-order valence-corrected chi connectivity index (χ1v) is 6.45. The van der Waals surface area contributed by atoms with Gasteiger partial charge in [0, 0.05) is 17.5 Å². The lowest BCUT2D eigenvalue weighted by Gasteiger charge is -2.13. The Kier molecular flexibility index (Phi) is 4.07. The van der Waals surface area contributed by atoms with Crippen LogP contribution < -0.4 is 5.32 Å². The van der Waals surface area contributed by atoms with Gasteiger partial charge in [-0.15, -0.1) is 0 Å². The summed E-state index contributed by atoms with van der Waals surface area (Å²) in [7, 11) is 0. The van der Waals surface area contributed by atoms with Crippen molar-refractivity contribution in [1.29, 1.82) is 0 Å². The molecule has 2 aromatic rings. The van der Waals surface area contributed by atoms with E-state index in [9.17, 15) is 9.59 Å². The minimum atomic E-state index is -1.19. The molecule has 0 aliphatic heterocycles. The number of aromatic nitrogens is 1. The van der Waals surface area contributed by atoms with E-state index in [1.54, 1.807) is 13.1 Å². The van der Waals surface area contributed by atoms with Gasteiger partial charge >= 0.3 is 5.97 Å². The number of hydrogen-bond acceptors (Lipinski definition) is 4. The molecule has 0 spiro atoms. The maximum Gasteiger partial charge on any atom is 0.372 e. The SMILES string of the molecule is Cc1cc(C(C)NC(=O)c2cc(C)c(C(=O)O)o2)ccn1. The molecule has 0 aliphatic carbocycles. The van der Waals surface area contributed by atoms with Gasteiger partial charge in [0.2, 0.25) is 5.76 Å². The summed E-state index contributed by atoms with van der Waals surface area (Å²) in [5.74, 6) is -1.87. The van der Waals surface area contributed by atoms with Crippen molar-refractivity contribution in [3.05, 3.63) is 52.7 Å². The molecule has 2 rings (SSSR count). The molecule has 1 unspecified atom stereocenters. The third kappa shape index (κ3) is 3.28. The molecule has 2 heterocycles. The molecule has 6 heteroatoms. The predicted molar refractivity (Wildman–Crippen MR) is 75.3 cm³/mol. The van der Waals surface area contributed by atoms with Crippen LogP contribution in [0.25, 0.3) is 0 Å². The fraction of sp³-hybridized carbons (Fsp3) is 0.267. The number of carboxylic acid groups (broad SMARTS) is 1. The Balaban J connectivity index is 2.14. The van der Waals surface area contributed by atoms with Gasteiger partial charge in [-0.1, -0.05) is 0 Å². The summed E-state index contributed by atoms with van der Waals surface area (Å²) in [5.41, 5.74) is 2.19. The molecule has 0 aliphatic rings. The van der Waals surface area contributed by atoms with Gasteiger partial charge in [0.1, 0.15) is 0 Å². The van der Waals surface area contributed by atoms with E-state index in [-0.39, 0.29) is 17.6 Å². The van der Waals surface area contributed by atoms with Crippen molar-refractivity contribution in [2.75, 3.05) is 0 Å². The van der Waals surface area contributed by atoms with Crippen molar-refractivity contribution in [1.82, 2.24) is 10.3 Å². The van der Waals surface area contributed by atoms with Crippen LogP contribution in [-0.4, -0.2) is 22.0 Å². The molecule has 2 N–H and O–H groups in total. The Bertz CT molecular complexity index is 691. The van der Waals surface area contributed by atoms with Gasteiger partial charge in [-0.05, 0) is 44.5 Å². The maximum atomic E-state index is 12.1. The van der Waals surface area contributed by atoms with E-state index in [0.29, 0.717) is 5.56 Å². The molecule has 21 heavy (non-hydrogen) atoms. The van der Waals surface area contributed by atoms with Crippen LogP contribution in [0.5, 0.6) is 0 Å². The van der Waals surface area contributed by atoms with Crippen molar-refractivity contribution in [3.8, 4) is 0 Å². The normalized spacial score (nSPS) is 12.0. The fourth-order valence-corrected chi connectivity index (χ4v) is 1.99. The van der Waals surface area contributed by atoms with Crippen LogP contribution in [0.4, 0.5) is 0 Å². The van der Waals surface area contributed by atoms with E-state index in [2.05, 4.69) is 10.3 Å². The number of carbonyl (C=O) groups excluding carboxylic acids is 1. The molecule has 6 nitrogen and oxygen atoms in total. The van der Waals surface area contributed by atoms with Crippen molar-refractivity contribution in [2.45, 2.75) is 26.8 Å². The lowest BCUT2D eigenvalue weighted by molar-refractivity contribution is 0.0658. The highest BCUT2D eigenvalue weighted by Crippen LogP contribution is 2.17. The Morgan fingerprint density at radius 3 is 2.62 bits per heavy atom. The molecule has 0 saturated carbocycles. The number of carbonyl (C=O) groups is 2. The average molecular weight is 288 g/mol. The Morgan fingerprint density at radius 2 is 2.05 bits per heavy atom. The summed E-state index contributed by atoms with van der Waals surface area (Å²) >= 11 is 0. The molecule has 2 aromatic heterocycles. The third-order valence-corrected chi connectivity index (χ3v) is 3.10. The summed E-state index contributed by atoms with van der Waals surface area (Å²) < 4.78 is 5.07. The van der Waals surface area contributed by atoms with E-state index in [0.717, 1.165) is 11.3 Å². The quantitative estimate of drug-likeness (QED) is 0.901. The van der Waals surface area contributed by atoms with E-state index in [1.165, 1.54) is 6.07 Å². The third-order valence-electron chi connectivity index (χ3n) is 3.10. The van der Waals surface area contributed by atoms with Crippen molar-refractivity contribution in [2.24, 2.45) is 0 Å². The molecule has 0 saturated heterocycles. The van der Waals surface area contributed by atoms with Crippen molar-refractivity contribution >= 4 is 11.9 Å². The lowest BCUT2D eigenvalue weighted by atomic mass is 10.1. The van der Waals surface area contributed by atoms with Gasteiger partial charge in [0.05, 0.1) is 6.04 Å². The average Bonchev–Trinajstić information content (AvgIpc) is 2.81. The Morgan fingerprint density at radius 1 is 1.33 bits per heavy atom. The lowest BCUT2D eigenvalue weighted by Crippen LogP contribution is -2.26. The van der Waals surface area contributed by atoms with Crippen LogP contribution in [-0.2, 0) is 0 Å². The monoisotopic (exact) mass is 288 g/mol. The zero-order valence-electron chi connectivity index (χ0n) is 12.0. The summed E-state index contributed by atoms with van der Waals surface area (Å²) in [4.78, 5) is 27.1. The van der Waals surface area contributed by atoms with Gasteiger partial charge in [-0.3, -0.25) is 9.78 Å². The van der Waals surface area contributed by atoms with Gasteiger partial charge in [-0.2, -0.15) is 0 Å². The second kappa shape index (κ2) is 5.78. The number of pyridine rings is 1. The first-order valence-electron chi connectivity index (χ1n) is 6.45. The van der Waals surface area contributed by atoms with E-state index in [4.69, 9.17) is 9.52 Å². The van der Waals surface area contributed by atoms with E-state index >= 15 is 0 Å². The first-order chi connectivity index (χ1) is 9.88. The minimum absolute atomic E-state index is 0.0115. The summed E-state index contributed by atoms with van der Waals surface area (Å²) in [6.07, 6.45) is 1.67. The Hall–Kier alpha value is -2.63. The predicted octanol–water partition coefficient (Wildman–Crippen LogP) is 2.48. The number of aromatic carboxylic acids is 1. The van der Waals surface area contributed by atoms with Crippen LogP contribution in [0.3, 0.4) is 0 Å². The molecule has 110 valence electrons. The summed E-state index contributed by atoms with van der Waals surface area (Å²) in [6, 6.07) is 4.87. The molecule has 1 amide bonds. The van der Waals surface area contributed by atoms with Gasteiger partial charge in [0.15, 0.2) is 5.76 Å². The molecule has 0 fully saturated rings. The standard InChI is InChI=1S/C15H16N2O4/c1-8-6-12(21-13(8)15(19)20)14(18)17-10(3)11-4-5-16-9(2)7-11/h4-7,10H,1-3H3,(H,17,18)(H,19,20). The number of hydrogen-bond donors (Lipinski definition) is 2. The number of nitrogens with zero attached hydrogens (tertiary/aromatic N) is 1. The second-order valence-corrected chi connectivity index (χ2v) is 4.85. The first kappa shape index (κ1) is 14.8. The van der Waals surface area contributed by atoms with Crippen LogP contribution in [0, 0.1) is 13.8 Å². The second-order valence-electron chi connectivity index (χ2n) is 4.85. The number of rotatable bonds is 4. The minimum Gasteiger partial charge on any atom is -0.475 e. The van der Waals surface area contributed by atoms with Crippen molar-refractivity contribution in [3.63, 3.8) is 0 Å². The molecule has 0 bridgehead atoms. The zero-order valence-corrected chi connectivity index (χ0v) is 12.0. The van der Waals surface area contributed by atoms with Crippen LogP contribution >= 0.6 is 0 Å². The number of furan rings is 1. The van der Waals surface area contributed by atoms with E-state index in [1.807, 2.05) is 26.0 Å². The van der Waals surface area contributed by atoms with Crippen LogP contribution in [0.15, 0.2) is 28.8 Å². The molecule has 0 aromatic carbocycles. The molecule has 1 atom stereocenters. The van der Waals surface area contributed by atoms with Gasteiger partial charge in [0.25, 0.3) is 5.91 Å². The molecule has 0 radical (unpaired) electrons. The number of nitrogens with one attached hydrogen (secondary N) is 1. The highest BCUT2D eigenvalue weighted by molar-refractivity contribution is 5.94. The van der Waals surface area contributed by atoms with Gasteiger partial charge in [-0.25, -0.2) is 4.79 Å². The highest BCUT2D eigenvalue weighted by atomic mass is 16.4. The molecular weight excluding hydrogens is 272 g/mol. The number of amides is 1. The number of aryl methyl sites for hydroxylation is 2. The Labute approximate surface area is 121 Å². The van der Waals surface area contributed by atoms with E-state index < -0.39 is 11.9 Å². The molecular formula is C15H16N2O4. The number of carboxylic acids is 1. The summed E-state index contributed by atoms with van der Waals surface area (Å²) in [5, 5.41) is 11.7.